The van der Waals surface area contributed by atoms with Crippen LogP contribution in [-0.4, -0.2) is 26.8 Å². The predicted octanol–water partition coefficient (Wildman–Crippen LogP) is 2.59. The zero-order chi connectivity index (χ0) is 16.0. The second-order valence-corrected chi connectivity index (χ2v) is 6.66. The molecule has 2 bridgehead atoms. The second kappa shape index (κ2) is 5.53. The molecule has 0 saturated heterocycles. The maximum Gasteiger partial charge on any atom is 0.251 e. The predicted molar refractivity (Wildman–Crippen MR) is 84.8 cm³/mol. The average Bonchev–Trinajstić information content (AvgIpc) is 3.23. The van der Waals surface area contributed by atoms with Crippen LogP contribution in [0.1, 0.15) is 36.0 Å². The van der Waals surface area contributed by atoms with Crippen LogP contribution in [0.4, 0.5) is 0 Å². The molecule has 120 valence electrons. The van der Waals surface area contributed by atoms with Gasteiger partial charge in [0.25, 0.3) is 5.91 Å². The van der Waals surface area contributed by atoms with Gasteiger partial charge in [-0.25, -0.2) is 9.67 Å². The number of ether oxygens (including phenoxy) is 1. The molecule has 0 aromatic carbocycles. The number of halogens is 1. The number of carbonyl (C=O) groups is 1. The number of rotatable bonds is 4. The molecule has 0 aliphatic heterocycles. The van der Waals surface area contributed by atoms with E-state index < -0.39 is 5.91 Å². The first kappa shape index (κ1) is 14.5. The molecule has 0 spiro atoms. The Morgan fingerprint density at radius 3 is 2.83 bits per heavy atom. The van der Waals surface area contributed by atoms with Crippen molar-refractivity contribution in [3.05, 3.63) is 35.1 Å². The third kappa shape index (κ3) is 2.67. The first-order valence-electron chi connectivity index (χ1n) is 7.79. The van der Waals surface area contributed by atoms with E-state index in [9.17, 15) is 4.79 Å². The van der Waals surface area contributed by atoms with Crippen molar-refractivity contribution in [1.29, 1.82) is 0 Å². The number of aromatic nitrogens is 3. The molecule has 1 amide bonds. The van der Waals surface area contributed by atoms with Crippen LogP contribution in [0.15, 0.2) is 24.4 Å². The number of pyridine rings is 1. The fraction of sp³-hybridized carbons (Fsp3) is 0.438. The fourth-order valence-electron chi connectivity index (χ4n) is 3.72. The van der Waals surface area contributed by atoms with E-state index in [0.717, 1.165) is 12.3 Å². The summed E-state index contributed by atoms with van der Waals surface area (Å²) in [6.45, 7) is 0. The minimum atomic E-state index is -0.602. The van der Waals surface area contributed by atoms with Crippen LogP contribution in [0, 0.1) is 11.8 Å². The lowest BCUT2D eigenvalue weighted by molar-refractivity contribution is 0.1000. The van der Waals surface area contributed by atoms with E-state index in [1.54, 1.807) is 23.0 Å². The van der Waals surface area contributed by atoms with Gasteiger partial charge >= 0.3 is 0 Å². The number of fused-ring (bicyclic) bond motifs is 2. The van der Waals surface area contributed by atoms with Crippen molar-refractivity contribution in [2.24, 2.45) is 17.6 Å². The lowest BCUT2D eigenvalue weighted by Gasteiger charge is -2.21. The zero-order valence-electron chi connectivity index (χ0n) is 12.5. The Bertz CT molecular complexity index is 760. The summed E-state index contributed by atoms with van der Waals surface area (Å²) in [6, 6.07) is 5.02. The molecule has 2 aliphatic carbocycles. The van der Waals surface area contributed by atoms with Gasteiger partial charge in [-0.05, 0) is 49.7 Å². The number of nitrogens with two attached hydrogens (primary N) is 1. The molecule has 7 heteroatoms. The van der Waals surface area contributed by atoms with Crippen molar-refractivity contribution in [2.75, 3.05) is 0 Å². The number of nitrogens with zero attached hydrogens (tertiary/aromatic N) is 3. The summed E-state index contributed by atoms with van der Waals surface area (Å²) in [6.07, 6.45) is 7.08. The van der Waals surface area contributed by atoms with Gasteiger partial charge in [0.1, 0.15) is 11.3 Å². The summed E-state index contributed by atoms with van der Waals surface area (Å²) < 4.78 is 7.62. The van der Waals surface area contributed by atoms with E-state index >= 15 is 0 Å². The van der Waals surface area contributed by atoms with Gasteiger partial charge in [-0.15, -0.1) is 5.10 Å². The molecule has 2 aliphatic rings. The van der Waals surface area contributed by atoms with Gasteiger partial charge in [0, 0.05) is 12.3 Å². The minimum Gasteiger partial charge on any atom is -0.473 e. The highest BCUT2D eigenvalue weighted by atomic mass is 35.5. The summed E-state index contributed by atoms with van der Waals surface area (Å²) >= 11 is 5.98. The second-order valence-electron chi connectivity index (χ2n) is 6.30. The molecule has 2 heterocycles. The Morgan fingerprint density at radius 2 is 2.17 bits per heavy atom. The summed E-state index contributed by atoms with van der Waals surface area (Å²) in [5.74, 6) is 2.01. The van der Waals surface area contributed by atoms with Gasteiger partial charge in [0.05, 0.1) is 5.56 Å². The highest BCUT2D eigenvalue weighted by Crippen LogP contribution is 2.45. The van der Waals surface area contributed by atoms with Crippen LogP contribution in [0.3, 0.4) is 0 Å². The fourth-order valence-corrected chi connectivity index (χ4v) is 3.96. The van der Waals surface area contributed by atoms with Crippen molar-refractivity contribution in [3.63, 3.8) is 0 Å². The van der Waals surface area contributed by atoms with Crippen LogP contribution in [0.5, 0.6) is 5.88 Å². The van der Waals surface area contributed by atoms with Gasteiger partial charge in [0.2, 0.25) is 5.88 Å². The van der Waals surface area contributed by atoms with Crippen molar-refractivity contribution in [2.45, 2.75) is 31.8 Å². The highest BCUT2D eigenvalue weighted by Gasteiger charge is 2.41. The normalized spacial score (nSPS) is 25.7. The standard InChI is InChI=1S/C16H17ClN4O2/c17-15-11(16(18)22)3-4-13(19-15)21-6-5-14(20-21)23-12-8-9-1-2-10(12)7-9/h3-6,9-10,12H,1-2,7-8H2,(H2,18,22)/t9-,10+,12?/m0/s1. The number of carbonyl (C=O) groups excluding carboxylic acids is 1. The molecular weight excluding hydrogens is 316 g/mol. The molecule has 2 N–H and O–H groups in total. The van der Waals surface area contributed by atoms with E-state index in [0.29, 0.717) is 17.6 Å². The number of hydrogen-bond donors (Lipinski definition) is 1. The smallest absolute Gasteiger partial charge is 0.251 e. The highest BCUT2D eigenvalue weighted by molar-refractivity contribution is 6.32. The van der Waals surface area contributed by atoms with Crippen LogP contribution in [-0.2, 0) is 0 Å². The molecule has 4 rings (SSSR count). The largest absolute Gasteiger partial charge is 0.473 e. The van der Waals surface area contributed by atoms with Gasteiger partial charge in [0.15, 0.2) is 5.82 Å². The maximum absolute atomic E-state index is 11.2. The summed E-state index contributed by atoms with van der Waals surface area (Å²) in [5.41, 5.74) is 5.42. The van der Waals surface area contributed by atoms with Gasteiger partial charge in [-0.2, -0.15) is 0 Å². The molecule has 2 aromatic heterocycles. The third-order valence-electron chi connectivity index (χ3n) is 4.84. The topological polar surface area (TPSA) is 83.0 Å². The quantitative estimate of drug-likeness (QED) is 0.872. The van der Waals surface area contributed by atoms with Crippen LogP contribution >= 0.6 is 11.6 Å². The summed E-state index contributed by atoms with van der Waals surface area (Å²) in [7, 11) is 0. The van der Waals surface area contributed by atoms with Crippen molar-refractivity contribution in [3.8, 4) is 11.7 Å². The van der Waals surface area contributed by atoms with E-state index in [2.05, 4.69) is 10.1 Å². The zero-order valence-corrected chi connectivity index (χ0v) is 13.2. The van der Waals surface area contributed by atoms with Gasteiger partial charge < -0.3 is 10.5 Å². The maximum atomic E-state index is 11.2. The Morgan fingerprint density at radius 1 is 1.30 bits per heavy atom. The molecule has 2 saturated carbocycles. The Kier molecular flexibility index (Phi) is 3.49. The molecule has 0 radical (unpaired) electrons. The first-order chi connectivity index (χ1) is 11.1. The van der Waals surface area contributed by atoms with Gasteiger partial charge in [-0.3, -0.25) is 4.79 Å². The molecule has 2 fully saturated rings. The van der Waals surface area contributed by atoms with E-state index in [4.69, 9.17) is 22.1 Å². The molecule has 23 heavy (non-hydrogen) atoms. The average molecular weight is 333 g/mol. The monoisotopic (exact) mass is 332 g/mol. The van der Waals surface area contributed by atoms with Gasteiger partial charge in [-0.1, -0.05) is 11.6 Å². The van der Waals surface area contributed by atoms with E-state index in [1.165, 1.54) is 19.3 Å². The first-order valence-corrected chi connectivity index (χ1v) is 8.17. The SMILES string of the molecule is NC(=O)c1ccc(-n2ccc(OC3C[C@H]4CC[C@@H]3C4)n2)nc1Cl. The summed E-state index contributed by atoms with van der Waals surface area (Å²) in [5, 5.41) is 4.47. The van der Waals surface area contributed by atoms with Crippen LogP contribution in [0.2, 0.25) is 5.15 Å². The van der Waals surface area contributed by atoms with E-state index in [1.807, 2.05) is 6.07 Å². The number of primary amides is 1. The van der Waals surface area contributed by atoms with Crippen LogP contribution in [0.25, 0.3) is 5.82 Å². The molecule has 2 aromatic rings. The Labute approximate surface area is 138 Å². The van der Waals surface area contributed by atoms with E-state index in [-0.39, 0.29) is 16.8 Å². The molecule has 6 nitrogen and oxygen atoms in total. The number of amides is 1. The lowest BCUT2D eigenvalue weighted by atomic mass is 9.98. The van der Waals surface area contributed by atoms with Crippen molar-refractivity contribution < 1.29 is 9.53 Å². The Balaban J connectivity index is 1.51. The summed E-state index contributed by atoms with van der Waals surface area (Å²) in [4.78, 5) is 15.3. The van der Waals surface area contributed by atoms with Crippen molar-refractivity contribution in [1.82, 2.24) is 14.8 Å². The van der Waals surface area contributed by atoms with Crippen LogP contribution < -0.4 is 10.5 Å². The lowest BCUT2D eigenvalue weighted by Crippen LogP contribution is -2.23. The Hall–Kier alpha value is -2.08. The molecule has 3 atom stereocenters. The number of hydrogen-bond acceptors (Lipinski definition) is 4. The van der Waals surface area contributed by atoms with Crippen molar-refractivity contribution >= 4 is 17.5 Å². The molecular formula is C16H17ClN4O2. The third-order valence-corrected chi connectivity index (χ3v) is 5.13. The molecule has 1 unspecified atom stereocenters. The minimum absolute atomic E-state index is 0.0704.